The molecule has 0 aliphatic heterocycles. The summed E-state index contributed by atoms with van der Waals surface area (Å²) in [5.74, 6) is 0. The molecule has 21 heavy (non-hydrogen) atoms. The molecule has 0 aliphatic carbocycles. The summed E-state index contributed by atoms with van der Waals surface area (Å²) < 4.78 is 39.9. The highest BCUT2D eigenvalue weighted by Crippen LogP contribution is 2.42. The molecule has 0 aromatic heterocycles. The van der Waals surface area contributed by atoms with Crippen LogP contribution in [0.3, 0.4) is 0 Å². The monoisotopic (exact) mass is 312 g/mol. The highest BCUT2D eigenvalue weighted by Gasteiger charge is 2.35. The zero-order valence-corrected chi connectivity index (χ0v) is 13.1. The van der Waals surface area contributed by atoms with Gasteiger partial charge in [-0.2, -0.15) is 13.2 Å². The van der Waals surface area contributed by atoms with Crippen LogP contribution < -0.4 is 0 Å². The Hall–Kier alpha value is -1.48. The third kappa shape index (κ3) is 2.80. The van der Waals surface area contributed by atoms with Crippen molar-refractivity contribution in [2.45, 2.75) is 33.9 Å². The van der Waals surface area contributed by atoms with Crippen molar-refractivity contribution in [1.82, 2.24) is 0 Å². The number of hydrogen-bond acceptors (Lipinski definition) is 0. The fraction of sp³-hybridized carbons (Fsp3) is 0.294. The van der Waals surface area contributed by atoms with Crippen molar-refractivity contribution < 1.29 is 13.2 Å². The van der Waals surface area contributed by atoms with Crippen LogP contribution in [-0.4, -0.2) is 0 Å². The van der Waals surface area contributed by atoms with Crippen molar-refractivity contribution in [2.75, 3.05) is 0 Å². The number of aryl methyl sites for hydroxylation is 1. The van der Waals surface area contributed by atoms with Gasteiger partial charge in [-0.15, -0.1) is 0 Å². The first-order chi connectivity index (χ1) is 9.64. The highest BCUT2D eigenvalue weighted by atomic mass is 35.5. The minimum atomic E-state index is -4.41. The standard InChI is InChI=1S/C17H16ClF3/c1-9-5-6-13(11(3)10(9)2)16-12(4)15(18)8-7-14(16)17(19,20)21/h5-8H,1-4H3. The van der Waals surface area contributed by atoms with Gasteiger partial charge in [0, 0.05) is 5.02 Å². The van der Waals surface area contributed by atoms with E-state index in [2.05, 4.69) is 0 Å². The van der Waals surface area contributed by atoms with Crippen molar-refractivity contribution in [2.24, 2.45) is 0 Å². The van der Waals surface area contributed by atoms with Gasteiger partial charge in [0.05, 0.1) is 5.56 Å². The molecule has 0 nitrogen and oxygen atoms in total. The molecule has 0 aliphatic rings. The molecule has 4 heteroatoms. The minimum Gasteiger partial charge on any atom is -0.166 e. The van der Waals surface area contributed by atoms with E-state index < -0.39 is 11.7 Å². The van der Waals surface area contributed by atoms with E-state index in [0.29, 0.717) is 16.1 Å². The second-order valence-corrected chi connectivity index (χ2v) is 5.68. The maximum absolute atomic E-state index is 13.3. The van der Waals surface area contributed by atoms with Crippen LogP contribution in [0.5, 0.6) is 0 Å². The molecule has 2 rings (SSSR count). The molecule has 0 amide bonds. The maximum Gasteiger partial charge on any atom is 0.417 e. The molecule has 0 fully saturated rings. The summed E-state index contributed by atoms with van der Waals surface area (Å²) in [6.45, 7) is 7.34. The van der Waals surface area contributed by atoms with Crippen LogP contribution in [-0.2, 0) is 6.18 Å². The van der Waals surface area contributed by atoms with Gasteiger partial charge in [-0.25, -0.2) is 0 Å². The first-order valence-electron chi connectivity index (χ1n) is 6.58. The van der Waals surface area contributed by atoms with E-state index in [0.717, 1.165) is 22.8 Å². The van der Waals surface area contributed by atoms with Crippen LogP contribution in [0.15, 0.2) is 24.3 Å². The van der Waals surface area contributed by atoms with E-state index in [4.69, 9.17) is 11.6 Å². The van der Waals surface area contributed by atoms with Gasteiger partial charge >= 0.3 is 6.18 Å². The molecule has 0 heterocycles. The Morgan fingerprint density at radius 3 is 2.00 bits per heavy atom. The summed E-state index contributed by atoms with van der Waals surface area (Å²) >= 11 is 6.04. The van der Waals surface area contributed by atoms with Gasteiger partial charge in [-0.05, 0) is 73.2 Å². The predicted octanol–water partition coefficient (Wildman–Crippen LogP) is 6.26. The van der Waals surface area contributed by atoms with Gasteiger partial charge in [-0.1, -0.05) is 23.7 Å². The molecular formula is C17H16ClF3. The third-order valence-corrected chi connectivity index (χ3v) is 4.44. The summed E-state index contributed by atoms with van der Waals surface area (Å²) in [4.78, 5) is 0. The average Bonchev–Trinajstić information content (AvgIpc) is 2.39. The Morgan fingerprint density at radius 2 is 1.43 bits per heavy atom. The molecule has 0 N–H and O–H groups in total. The number of hydrogen-bond donors (Lipinski definition) is 0. The summed E-state index contributed by atoms with van der Waals surface area (Å²) in [7, 11) is 0. The molecular weight excluding hydrogens is 297 g/mol. The third-order valence-electron chi connectivity index (χ3n) is 4.03. The normalized spacial score (nSPS) is 11.8. The van der Waals surface area contributed by atoms with Crippen LogP contribution in [0.1, 0.15) is 27.8 Å². The number of halogens is 4. The van der Waals surface area contributed by atoms with E-state index >= 15 is 0 Å². The van der Waals surface area contributed by atoms with Gasteiger partial charge in [0.25, 0.3) is 0 Å². The minimum absolute atomic E-state index is 0.176. The lowest BCUT2D eigenvalue weighted by Gasteiger charge is -2.19. The quantitative estimate of drug-likeness (QED) is 0.583. The molecule has 0 spiro atoms. The van der Waals surface area contributed by atoms with Gasteiger partial charge in [0.2, 0.25) is 0 Å². The summed E-state index contributed by atoms with van der Waals surface area (Å²) in [6.07, 6.45) is -4.41. The smallest absolute Gasteiger partial charge is 0.166 e. The van der Waals surface area contributed by atoms with Crippen molar-refractivity contribution in [3.8, 4) is 11.1 Å². The van der Waals surface area contributed by atoms with Crippen LogP contribution in [0.4, 0.5) is 13.2 Å². The van der Waals surface area contributed by atoms with Crippen molar-refractivity contribution in [3.63, 3.8) is 0 Å². The average molecular weight is 313 g/mol. The van der Waals surface area contributed by atoms with Gasteiger partial charge in [0.1, 0.15) is 0 Å². The lowest BCUT2D eigenvalue weighted by atomic mass is 9.88. The first-order valence-corrected chi connectivity index (χ1v) is 6.96. The zero-order valence-electron chi connectivity index (χ0n) is 12.3. The Bertz CT molecular complexity index is 700. The fourth-order valence-corrected chi connectivity index (χ4v) is 2.65. The van der Waals surface area contributed by atoms with Crippen LogP contribution in [0.2, 0.25) is 5.02 Å². The molecule has 0 bridgehead atoms. The molecule has 2 aromatic rings. The summed E-state index contributed by atoms with van der Waals surface area (Å²) in [5, 5.41) is 0.343. The van der Waals surface area contributed by atoms with E-state index in [9.17, 15) is 13.2 Å². The lowest BCUT2D eigenvalue weighted by molar-refractivity contribution is -0.137. The second kappa shape index (κ2) is 5.38. The Kier molecular flexibility index (Phi) is 4.07. The van der Waals surface area contributed by atoms with Gasteiger partial charge in [0.15, 0.2) is 0 Å². The van der Waals surface area contributed by atoms with E-state index in [1.807, 2.05) is 26.8 Å². The molecule has 0 saturated carbocycles. The Labute approximate surface area is 127 Å². The Morgan fingerprint density at radius 1 is 0.810 bits per heavy atom. The first kappa shape index (κ1) is 15.9. The molecule has 0 atom stereocenters. The summed E-state index contributed by atoms with van der Waals surface area (Å²) in [5.41, 5.74) is 3.49. The van der Waals surface area contributed by atoms with E-state index in [1.54, 1.807) is 13.0 Å². The molecule has 0 saturated heterocycles. The van der Waals surface area contributed by atoms with Gasteiger partial charge < -0.3 is 0 Å². The summed E-state index contributed by atoms with van der Waals surface area (Å²) in [6, 6.07) is 5.95. The zero-order chi connectivity index (χ0) is 15.9. The number of alkyl halides is 3. The number of rotatable bonds is 1. The predicted molar refractivity (Wildman–Crippen MR) is 80.8 cm³/mol. The SMILES string of the molecule is Cc1ccc(-c2c(C(F)(F)F)ccc(Cl)c2C)c(C)c1C. The van der Waals surface area contributed by atoms with Crippen molar-refractivity contribution >= 4 is 11.6 Å². The molecule has 0 unspecified atom stereocenters. The van der Waals surface area contributed by atoms with Crippen molar-refractivity contribution in [3.05, 3.63) is 57.1 Å². The topological polar surface area (TPSA) is 0 Å². The van der Waals surface area contributed by atoms with Gasteiger partial charge in [-0.3, -0.25) is 0 Å². The number of benzene rings is 2. The maximum atomic E-state index is 13.3. The largest absolute Gasteiger partial charge is 0.417 e. The lowest BCUT2D eigenvalue weighted by Crippen LogP contribution is -2.09. The molecule has 112 valence electrons. The molecule has 0 radical (unpaired) electrons. The molecule has 2 aromatic carbocycles. The fourth-order valence-electron chi connectivity index (χ4n) is 2.50. The van der Waals surface area contributed by atoms with Crippen LogP contribution >= 0.6 is 11.6 Å². The van der Waals surface area contributed by atoms with Crippen LogP contribution in [0, 0.1) is 27.7 Å². The van der Waals surface area contributed by atoms with Crippen LogP contribution in [0.25, 0.3) is 11.1 Å². The van der Waals surface area contributed by atoms with E-state index in [1.165, 1.54) is 6.07 Å². The van der Waals surface area contributed by atoms with E-state index in [-0.39, 0.29) is 5.56 Å². The van der Waals surface area contributed by atoms with Crippen molar-refractivity contribution in [1.29, 1.82) is 0 Å². The Balaban J connectivity index is 2.86. The highest BCUT2D eigenvalue weighted by molar-refractivity contribution is 6.31. The second-order valence-electron chi connectivity index (χ2n) is 5.27.